The van der Waals surface area contributed by atoms with E-state index in [1.54, 1.807) is 0 Å². The van der Waals surface area contributed by atoms with Crippen LogP contribution in [0.5, 0.6) is 0 Å². The predicted molar refractivity (Wildman–Crippen MR) is 97.8 cm³/mol. The number of aromatic amines is 1. The maximum absolute atomic E-state index is 4.56. The smallest absolute Gasteiger partial charge is 0.159 e. The molecular weight excluding hydrogens is 310 g/mol. The van der Waals surface area contributed by atoms with E-state index in [0.717, 1.165) is 30.0 Å². The second-order valence-corrected chi connectivity index (χ2v) is 6.73. The van der Waals surface area contributed by atoms with Gasteiger partial charge in [0.05, 0.1) is 17.9 Å². The Labute approximate surface area is 148 Å². The fourth-order valence-electron chi connectivity index (χ4n) is 3.61. The number of nitrogens with one attached hydrogen (secondary N) is 1. The van der Waals surface area contributed by atoms with Crippen LogP contribution in [0.1, 0.15) is 42.1 Å². The molecule has 1 fully saturated rings. The summed E-state index contributed by atoms with van der Waals surface area (Å²) in [7, 11) is 0. The zero-order chi connectivity index (χ0) is 17.1. The van der Waals surface area contributed by atoms with Crippen LogP contribution in [-0.2, 0) is 6.54 Å². The van der Waals surface area contributed by atoms with E-state index in [2.05, 4.69) is 32.0 Å². The number of nitrogens with zero attached hydrogens (tertiary/aromatic N) is 4. The van der Waals surface area contributed by atoms with Crippen molar-refractivity contribution < 1.29 is 0 Å². The van der Waals surface area contributed by atoms with Crippen molar-refractivity contribution in [2.75, 3.05) is 6.54 Å². The monoisotopic (exact) mass is 333 g/mol. The van der Waals surface area contributed by atoms with Gasteiger partial charge >= 0.3 is 0 Å². The first-order chi connectivity index (χ1) is 12.3. The topological polar surface area (TPSA) is 57.7 Å². The second-order valence-electron chi connectivity index (χ2n) is 6.73. The van der Waals surface area contributed by atoms with Gasteiger partial charge in [-0.05, 0) is 31.9 Å². The Morgan fingerprint density at radius 1 is 1.08 bits per heavy atom. The predicted octanol–water partition coefficient (Wildman–Crippen LogP) is 3.90. The number of hydrogen-bond donors (Lipinski definition) is 1. The summed E-state index contributed by atoms with van der Waals surface area (Å²) in [6.07, 6.45) is 9.52. The molecule has 3 aromatic rings. The first-order valence-corrected chi connectivity index (χ1v) is 8.91. The second kappa shape index (κ2) is 7.15. The van der Waals surface area contributed by atoms with Gasteiger partial charge in [0.1, 0.15) is 0 Å². The highest BCUT2D eigenvalue weighted by Gasteiger charge is 2.26. The molecule has 0 amide bonds. The van der Waals surface area contributed by atoms with Gasteiger partial charge in [-0.2, -0.15) is 5.10 Å². The van der Waals surface area contributed by atoms with E-state index in [1.807, 2.05) is 48.9 Å². The molecule has 4 rings (SSSR count). The summed E-state index contributed by atoms with van der Waals surface area (Å²) in [5.41, 5.74) is 4.70. The van der Waals surface area contributed by atoms with Crippen LogP contribution in [0.3, 0.4) is 0 Å². The lowest BCUT2D eigenvalue weighted by molar-refractivity contribution is 0.136. The lowest BCUT2D eigenvalue weighted by Gasteiger charge is -2.35. The minimum atomic E-state index is 0.407. The average Bonchev–Trinajstić information content (AvgIpc) is 3.09. The number of aryl methyl sites for hydroxylation is 1. The minimum absolute atomic E-state index is 0.407. The molecule has 128 valence electrons. The van der Waals surface area contributed by atoms with Crippen LogP contribution in [0.4, 0.5) is 0 Å². The molecule has 5 nitrogen and oxygen atoms in total. The van der Waals surface area contributed by atoms with Crippen molar-refractivity contribution in [3.63, 3.8) is 0 Å². The van der Waals surface area contributed by atoms with Gasteiger partial charge in [0.15, 0.2) is 5.82 Å². The van der Waals surface area contributed by atoms with Crippen molar-refractivity contribution >= 4 is 0 Å². The number of rotatable bonds is 4. The highest BCUT2D eigenvalue weighted by molar-refractivity contribution is 5.53. The van der Waals surface area contributed by atoms with E-state index in [1.165, 1.54) is 30.5 Å². The highest BCUT2D eigenvalue weighted by Crippen LogP contribution is 2.32. The molecule has 1 aliphatic heterocycles. The van der Waals surface area contributed by atoms with Gasteiger partial charge in [0.25, 0.3) is 0 Å². The fraction of sp³-hybridized carbons (Fsp3) is 0.350. The summed E-state index contributed by atoms with van der Waals surface area (Å²) in [6.45, 7) is 4.10. The van der Waals surface area contributed by atoms with Crippen LogP contribution in [-0.4, -0.2) is 31.6 Å². The van der Waals surface area contributed by atoms with Gasteiger partial charge in [-0.3, -0.25) is 10.00 Å². The Morgan fingerprint density at radius 2 is 1.88 bits per heavy atom. The van der Waals surface area contributed by atoms with Crippen LogP contribution >= 0.6 is 0 Å². The number of aromatic nitrogens is 4. The van der Waals surface area contributed by atoms with Crippen LogP contribution in [0.15, 0.2) is 48.9 Å². The Kier molecular flexibility index (Phi) is 4.57. The first kappa shape index (κ1) is 16.0. The Balaban J connectivity index is 1.51. The summed E-state index contributed by atoms with van der Waals surface area (Å²) in [4.78, 5) is 11.6. The third-order valence-corrected chi connectivity index (χ3v) is 4.94. The molecule has 1 saturated heterocycles. The van der Waals surface area contributed by atoms with E-state index >= 15 is 0 Å². The number of piperidine rings is 1. The number of hydrogen-bond acceptors (Lipinski definition) is 4. The summed E-state index contributed by atoms with van der Waals surface area (Å²) < 4.78 is 0. The Morgan fingerprint density at radius 3 is 2.60 bits per heavy atom. The number of H-pyrrole nitrogens is 1. The van der Waals surface area contributed by atoms with Crippen LogP contribution in [0.2, 0.25) is 0 Å². The molecule has 0 unspecified atom stereocenters. The quantitative estimate of drug-likeness (QED) is 0.786. The maximum Gasteiger partial charge on any atom is 0.159 e. The largest absolute Gasteiger partial charge is 0.290 e. The molecule has 0 saturated carbocycles. The van der Waals surface area contributed by atoms with E-state index in [-0.39, 0.29) is 0 Å². The molecule has 0 spiro atoms. The van der Waals surface area contributed by atoms with Crippen LogP contribution in [0.25, 0.3) is 11.4 Å². The van der Waals surface area contributed by atoms with Gasteiger partial charge in [-0.25, -0.2) is 9.97 Å². The summed E-state index contributed by atoms with van der Waals surface area (Å²) >= 11 is 0. The molecule has 0 radical (unpaired) electrons. The van der Waals surface area contributed by atoms with Crippen molar-refractivity contribution in [1.82, 2.24) is 25.1 Å². The SMILES string of the molecule is Cc1cn[nH]c1[C@H]1CCCCN1Cc1cnc(-c2ccccc2)nc1. The summed E-state index contributed by atoms with van der Waals surface area (Å²) in [5, 5.41) is 7.41. The standard InChI is InChI=1S/C20H23N5/c1-15-11-23-24-19(15)18-9-5-6-10-25(18)14-16-12-21-20(22-13-16)17-7-3-2-4-8-17/h2-4,7-8,11-13,18H,5-6,9-10,14H2,1H3,(H,23,24)/t18-/m1/s1. The van der Waals surface area contributed by atoms with Gasteiger partial charge in [0, 0.05) is 30.1 Å². The molecule has 1 aromatic carbocycles. The van der Waals surface area contributed by atoms with E-state index < -0.39 is 0 Å². The highest BCUT2D eigenvalue weighted by atomic mass is 15.2. The molecule has 3 heterocycles. The molecule has 25 heavy (non-hydrogen) atoms. The lowest BCUT2D eigenvalue weighted by Crippen LogP contribution is -2.33. The molecule has 0 bridgehead atoms. The van der Waals surface area contributed by atoms with Crippen molar-refractivity contribution in [2.45, 2.75) is 38.8 Å². The Bertz CT molecular complexity index is 810. The average molecular weight is 333 g/mol. The van der Waals surface area contributed by atoms with Crippen molar-refractivity contribution in [3.05, 3.63) is 65.7 Å². The number of likely N-dealkylation sites (tertiary alicyclic amines) is 1. The van der Waals surface area contributed by atoms with E-state index in [0.29, 0.717) is 6.04 Å². The zero-order valence-corrected chi connectivity index (χ0v) is 14.5. The molecule has 1 aliphatic rings. The van der Waals surface area contributed by atoms with E-state index in [4.69, 9.17) is 0 Å². The fourth-order valence-corrected chi connectivity index (χ4v) is 3.61. The van der Waals surface area contributed by atoms with Crippen LogP contribution in [0, 0.1) is 6.92 Å². The number of benzene rings is 1. The maximum atomic E-state index is 4.56. The molecule has 2 aromatic heterocycles. The molecule has 1 atom stereocenters. The summed E-state index contributed by atoms with van der Waals surface area (Å²) in [5.74, 6) is 0.781. The Hall–Kier alpha value is -2.53. The van der Waals surface area contributed by atoms with Gasteiger partial charge in [-0.15, -0.1) is 0 Å². The lowest BCUT2D eigenvalue weighted by atomic mass is 9.97. The van der Waals surface area contributed by atoms with Crippen molar-refractivity contribution in [2.24, 2.45) is 0 Å². The van der Waals surface area contributed by atoms with E-state index in [9.17, 15) is 0 Å². The third-order valence-electron chi connectivity index (χ3n) is 4.94. The normalized spacial score (nSPS) is 18.4. The van der Waals surface area contributed by atoms with Crippen molar-refractivity contribution in [3.8, 4) is 11.4 Å². The minimum Gasteiger partial charge on any atom is -0.290 e. The molecule has 5 heteroatoms. The van der Waals surface area contributed by atoms with Gasteiger partial charge in [-0.1, -0.05) is 36.8 Å². The van der Waals surface area contributed by atoms with Crippen LogP contribution < -0.4 is 0 Å². The molecular formula is C20H23N5. The zero-order valence-electron chi connectivity index (χ0n) is 14.5. The summed E-state index contributed by atoms with van der Waals surface area (Å²) in [6, 6.07) is 10.5. The van der Waals surface area contributed by atoms with Gasteiger partial charge < -0.3 is 0 Å². The van der Waals surface area contributed by atoms with Gasteiger partial charge in [0.2, 0.25) is 0 Å². The first-order valence-electron chi connectivity index (χ1n) is 8.91. The molecule has 1 N–H and O–H groups in total. The third kappa shape index (κ3) is 3.46. The molecule has 0 aliphatic carbocycles. The van der Waals surface area contributed by atoms with Crippen molar-refractivity contribution in [1.29, 1.82) is 0 Å².